The van der Waals surface area contributed by atoms with Crippen LogP contribution in [0.4, 0.5) is 0 Å². The van der Waals surface area contributed by atoms with E-state index in [0.29, 0.717) is 13.1 Å². The van der Waals surface area contributed by atoms with Crippen molar-refractivity contribution >= 4 is 10.0 Å². The molecule has 0 bridgehead atoms. The number of aromatic nitrogens is 2. The molecule has 21 heavy (non-hydrogen) atoms. The number of imidazole rings is 1. The van der Waals surface area contributed by atoms with Crippen LogP contribution in [-0.4, -0.2) is 40.6 Å². The molecule has 1 rings (SSSR count). The van der Waals surface area contributed by atoms with Crippen LogP contribution in [0.15, 0.2) is 12.5 Å². The van der Waals surface area contributed by atoms with Gasteiger partial charge in [-0.3, -0.25) is 0 Å². The summed E-state index contributed by atoms with van der Waals surface area (Å²) in [5, 5.41) is 0. The van der Waals surface area contributed by atoms with Gasteiger partial charge in [0.1, 0.15) is 0 Å². The molecule has 0 aliphatic rings. The van der Waals surface area contributed by atoms with E-state index in [1.807, 2.05) is 31.5 Å². The molecule has 0 unspecified atom stereocenters. The number of hydrogen-bond acceptors (Lipinski definition) is 3. The predicted octanol–water partition coefficient (Wildman–Crippen LogP) is 2.88. The maximum atomic E-state index is 11.9. The van der Waals surface area contributed by atoms with Gasteiger partial charge in [0.05, 0.1) is 12.6 Å². The lowest BCUT2D eigenvalue weighted by molar-refractivity contribution is 0.241. The van der Waals surface area contributed by atoms with Gasteiger partial charge in [-0.2, -0.15) is 4.31 Å². The van der Waals surface area contributed by atoms with Crippen molar-refractivity contribution in [2.75, 3.05) is 12.8 Å². The first-order chi connectivity index (χ1) is 8.83. The molecule has 124 valence electrons. The Hall–Kier alpha value is -0.880. The Bertz CT molecular complexity index is 548. The molecule has 0 saturated heterocycles. The minimum absolute atomic E-state index is 0. The molecule has 0 spiro atoms. The van der Waals surface area contributed by atoms with Crippen LogP contribution in [0.25, 0.3) is 0 Å². The van der Waals surface area contributed by atoms with Gasteiger partial charge in [0, 0.05) is 35.9 Å². The highest BCUT2D eigenvalue weighted by molar-refractivity contribution is 7.88. The van der Waals surface area contributed by atoms with Crippen molar-refractivity contribution in [2.24, 2.45) is 0 Å². The zero-order valence-corrected chi connectivity index (χ0v) is 14.5. The van der Waals surface area contributed by atoms with E-state index in [0.717, 1.165) is 5.69 Å². The van der Waals surface area contributed by atoms with E-state index >= 15 is 0 Å². The molecule has 0 aliphatic carbocycles. The Labute approximate surface area is 130 Å². The van der Waals surface area contributed by atoms with Crippen LogP contribution in [0, 0.1) is 0 Å². The standard InChI is InChI=1S/C14H27N3O2S.CH4/c1-13(2,3)12-10-15-11-16(12)8-9-17(14(4,5)6)20(7,18)19;/h10-11H,8-9H2,1-7H3;1H4. The molecule has 0 N–H and O–H groups in total. The molecule has 0 radical (unpaired) electrons. The predicted molar refractivity (Wildman–Crippen MR) is 89.0 cm³/mol. The number of sulfonamides is 1. The van der Waals surface area contributed by atoms with Gasteiger partial charge in [-0.25, -0.2) is 13.4 Å². The molecule has 6 heteroatoms. The first-order valence-electron chi connectivity index (χ1n) is 6.82. The second kappa shape index (κ2) is 6.48. The zero-order valence-electron chi connectivity index (χ0n) is 13.6. The SMILES string of the molecule is C.CC(C)(C)c1cncn1CCN(C(C)(C)C)S(C)(=O)=O. The fourth-order valence-electron chi connectivity index (χ4n) is 2.32. The quantitative estimate of drug-likeness (QED) is 0.858. The smallest absolute Gasteiger partial charge is 0.211 e. The minimum Gasteiger partial charge on any atom is -0.333 e. The highest BCUT2D eigenvalue weighted by Crippen LogP contribution is 2.22. The zero-order chi connectivity index (χ0) is 15.8. The van der Waals surface area contributed by atoms with Gasteiger partial charge in [0.15, 0.2) is 0 Å². The maximum absolute atomic E-state index is 11.9. The number of hydrogen-bond donors (Lipinski definition) is 0. The summed E-state index contributed by atoms with van der Waals surface area (Å²) >= 11 is 0. The third-order valence-corrected chi connectivity index (χ3v) is 4.70. The van der Waals surface area contributed by atoms with Crippen LogP contribution in [0.5, 0.6) is 0 Å². The normalized spacial score (nSPS) is 13.3. The van der Waals surface area contributed by atoms with Gasteiger partial charge >= 0.3 is 0 Å². The molecule has 0 aromatic carbocycles. The van der Waals surface area contributed by atoms with E-state index < -0.39 is 15.6 Å². The van der Waals surface area contributed by atoms with E-state index in [9.17, 15) is 8.42 Å². The Kier molecular flexibility index (Phi) is 6.21. The van der Waals surface area contributed by atoms with Crippen molar-refractivity contribution < 1.29 is 8.42 Å². The lowest BCUT2D eigenvalue weighted by Gasteiger charge is -2.33. The van der Waals surface area contributed by atoms with Gasteiger partial charge in [-0.15, -0.1) is 0 Å². The Morgan fingerprint density at radius 3 is 2.10 bits per heavy atom. The molecular weight excluding hydrogens is 286 g/mol. The molecule has 5 nitrogen and oxygen atoms in total. The van der Waals surface area contributed by atoms with E-state index in [-0.39, 0.29) is 12.8 Å². The summed E-state index contributed by atoms with van der Waals surface area (Å²) in [6.45, 7) is 13.2. The third-order valence-electron chi connectivity index (χ3n) is 3.17. The number of rotatable bonds is 4. The van der Waals surface area contributed by atoms with Gasteiger partial charge in [0.2, 0.25) is 10.0 Å². The first kappa shape index (κ1) is 20.1. The molecule has 0 aliphatic heterocycles. The van der Waals surface area contributed by atoms with Crippen LogP contribution in [-0.2, 0) is 22.0 Å². The summed E-state index contributed by atoms with van der Waals surface area (Å²) in [5.74, 6) is 0. The molecule has 0 saturated carbocycles. The molecule has 0 fully saturated rings. The summed E-state index contributed by atoms with van der Waals surface area (Å²) in [4.78, 5) is 4.19. The van der Waals surface area contributed by atoms with Crippen LogP contribution in [0.3, 0.4) is 0 Å². The monoisotopic (exact) mass is 317 g/mol. The topological polar surface area (TPSA) is 55.2 Å². The van der Waals surface area contributed by atoms with Crippen LogP contribution in [0.1, 0.15) is 54.7 Å². The van der Waals surface area contributed by atoms with Crippen molar-refractivity contribution in [3.05, 3.63) is 18.2 Å². The third kappa shape index (κ3) is 5.43. The van der Waals surface area contributed by atoms with Gasteiger partial charge < -0.3 is 4.57 Å². The minimum atomic E-state index is -3.22. The number of nitrogens with zero attached hydrogens (tertiary/aromatic N) is 3. The van der Waals surface area contributed by atoms with Crippen molar-refractivity contribution in [1.82, 2.24) is 13.9 Å². The van der Waals surface area contributed by atoms with Gasteiger partial charge in [0.25, 0.3) is 0 Å². The largest absolute Gasteiger partial charge is 0.333 e. The average molecular weight is 317 g/mol. The summed E-state index contributed by atoms with van der Waals surface area (Å²) in [6.07, 6.45) is 4.88. The highest BCUT2D eigenvalue weighted by atomic mass is 32.2. The van der Waals surface area contributed by atoms with Crippen molar-refractivity contribution in [3.8, 4) is 0 Å². The molecule has 0 amide bonds. The van der Waals surface area contributed by atoms with Crippen LogP contribution in [0.2, 0.25) is 0 Å². The fraction of sp³-hybridized carbons (Fsp3) is 0.800. The second-order valence-electron chi connectivity index (χ2n) is 7.23. The van der Waals surface area contributed by atoms with Crippen molar-refractivity contribution in [1.29, 1.82) is 0 Å². The maximum Gasteiger partial charge on any atom is 0.211 e. The second-order valence-corrected chi connectivity index (χ2v) is 9.14. The first-order valence-corrected chi connectivity index (χ1v) is 8.67. The summed E-state index contributed by atoms with van der Waals surface area (Å²) in [5.41, 5.74) is 0.685. The van der Waals surface area contributed by atoms with E-state index in [4.69, 9.17) is 0 Å². The Morgan fingerprint density at radius 1 is 1.19 bits per heavy atom. The molecule has 1 aromatic heterocycles. The van der Waals surface area contributed by atoms with Crippen LogP contribution < -0.4 is 0 Å². The lowest BCUT2D eigenvalue weighted by Crippen LogP contribution is -2.46. The molecular formula is C15H31N3O2S. The van der Waals surface area contributed by atoms with Crippen LogP contribution >= 0.6 is 0 Å². The van der Waals surface area contributed by atoms with Gasteiger partial charge in [-0.1, -0.05) is 28.2 Å². The van der Waals surface area contributed by atoms with E-state index in [2.05, 4.69) is 25.8 Å². The van der Waals surface area contributed by atoms with Crippen molar-refractivity contribution in [3.63, 3.8) is 0 Å². The average Bonchev–Trinajstić information content (AvgIpc) is 2.60. The van der Waals surface area contributed by atoms with E-state index in [1.54, 1.807) is 6.33 Å². The molecule has 1 heterocycles. The Balaban J connectivity index is 0.00000400. The molecule has 1 aromatic rings. The lowest BCUT2D eigenvalue weighted by atomic mass is 9.92. The summed E-state index contributed by atoms with van der Waals surface area (Å²) in [6, 6.07) is 0. The van der Waals surface area contributed by atoms with E-state index in [1.165, 1.54) is 10.6 Å². The summed E-state index contributed by atoms with van der Waals surface area (Å²) in [7, 11) is -3.22. The summed E-state index contributed by atoms with van der Waals surface area (Å²) < 4.78 is 27.4. The van der Waals surface area contributed by atoms with Crippen molar-refractivity contribution in [2.45, 2.75) is 66.5 Å². The Morgan fingerprint density at radius 2 is 1.71 bits per heavy atom. The highest BCUT2D eigenvalue weighted by Gasteiger charge is 2.29. The van der Waals surface area contributed by atoms with Gasteiger partial charge in [-0.05, 0) is 20.8 Å². The molecule has 0 atom stereocenters. The fourth-order valence-corrected chi connectivity index (χ4v) is 3.73.